The SMILES string of the molecule is C[C@H]1C[C@@H](N(Cc2cc(C(F)(F)F)cc(C(F)(F)F)c2)C(N)=O)c2cc(C(F)(F)F)ccc2N1C(=O)O. The number of primary amides is 1. The fourth-order valence-electron chi connectivity index (χ4n) is 4.25. The number of alkyl halides is 9. The summed E-state index contributed by atoms with van der Waals surface area (Å²) >= 11 is 0. The predicted octanol–water partition coefficient (Wildman–Crippen LogP) is 6.64. The maximum atomic E-state index is 13.4. The van der Waals surface area contributed by atoms with Crippen molar-refractivity contribution in [3.8, 4) is 0 Å². The van der Waals surface area contributed by atoms with E-state index in [0.717, 1.165) is 11.0 Å². The molecule has 0 fully saturated rings. The molecule has 202 valence electrons. The van der Waals surface area contributed by atoms with Gasteiger partial charge in [0, 0.05) is 12.6 Å². The molecule has 1 aliphatic heterocycles. The van der Waals surface area contributed by atoms with E-state index in [1.807, 2.05) is 0 Å². The van der Waals surface area contributed by atoms with Crippen molar-refractivity contribution in [1.29, 1.82) is 0 Å². The van der Waals surface area contributed by atoms with Crippen LogP contribution in [0.15, 0.2) is 36.4 Å². The molecule has 2 atom stereocenters. The van der Waals surface area contributed by atoms with Crippen LogP contribution in [0.5, 0.6) is 0 Å². The Hall–Kier alpha value is -3.65. The van der Waals surface area contributed by atoms with E-state index in [1.165, 1.54) is 6.92 Å². The number of urea groups is 1. The monoisotopic (exact) mass is 543 g/mol. The first kappa shape index (κ1) is 27.9. The van der Waals surface area contributed by atoms with E-state index in [1.54, 1.807) is 0 Å². The van der Waals surface area contributed by atoms with Gasteiger partial charge in [-0.05, 0) is 60.9 Å². The highest BCUT2D eigenvalue weighted by Crippen LogP contribution is 2.44. The summed E-state index contributed by atoms with van der Waals surface area (Å²) < 4.78 is 120. The lowest BCUT2D eigenvalue weighted by Gasteiger charge is -2.42. The molecule has 0 spiro atoms. The Morgan fingerprint density at radius 1 is 0.919 bits per heavy atom. The molecule has 3 N–H and O–H groups in total. The number of carbonyl (C=O) groups excluding carboxylic acids is 1. The smallest absolute Gasteiger partial charge is 0.416 e. The normalized spacial score (nSPS) is 18.4. The third-order valence-electron chi connectivity index (χ3n) is 5.84. The van der Waals surface area contributed by atoms with E-state index in [4.69, 9.17) is 5.73 Å². The number of rotatable bonds is 3. The molecular weight excluding hydrogens is 525 g/mol. The Labute approximate surface area is 203 Å². The highest BCUT2D eigenvalue weighted by Gasteiger charge is 2.41. The molecule has 1 heterocycles. The van der Waals surface area contributed by atoms with Gasteiger partial charge in [-0.25, -0.2) is 9.59 Å². The first-order valence-corrected chi connectivity index (χ1v) is 10.4. The zero-order valence-corrected chi connectivity index (χ0v) is 18.7. The number of hydrogen-bond acceptors (Lipinski definition) is 2. The van der Waals surface area contributed by atoms with Gasteiger partial charge in [0.1, 0.15) is 0 Å². The Kier molecular flexibility index (Phi) is 7.05. The number of amides is 3. The van der Waals surface area contributed by atoms with Crippen LogP contribution in [0.3, 0.4) is 0 Å². The fraction of sp³-hybridized carbons (Fsp3) is 0.364. The van der Waals surface area contributed by atoms with Crippen molar-refractivity contribution in [1.82, 2.24) is 4.90 Å². The molecule has 3 rings (SSSR count). The second-order valence-corrected chi connectivity index (χ2v) is 8.40. The van der Waals surface area contributed by atoms with Gasteiger partial charge >= 0.3 is 30.7 Å². The van der Waals surface area contributed by atoms with Crippen molar-refractivity contribution in [2.75, 3.05) is 4.90 Å². The second-order valence-electron chi connectivity index (χ2n) is 8.40. The van der Waals surface area contributed by atoms with E-state index >= 15 is 0 Å². The summed E-state index contributed by atoms with van der Waals surface area (Å²) in [4.78, 5) is 25.5. The molecule has 1 aliphatic rings. The molecule has 0 unspecified atom stereocenters. The van der Waals surface area contributed by atoms with Gasteiger partial charge in [-0.3, -0.25) is 4.90 Å². The van der Waals surface area contributed by atoms with Crippen molar-refractivity contribution in [3.63, 3.8) is 0 Å². The van der Waals surface area contributed by atoms with E-state index < -0.39 is 71.5 Å². The molecule has 0 saturated carbocycles. The Morgan fingerprint density at radius 2 is 1.43 bits per heavy atom. The predicted molar refractivity (Wildman–Crippen MR) is 110 cm³/mol. The van der Waals surface area contributed by atoms with Gasteiger partial charge in [-0.2, -0.15) is 39.5 Å². The van der Waals surface area contributed by atoms with Crippen LogP contribution >= 0.6 is 0 Å². The zero-order chi connectivity index (χ0) is 28.1. The highest BCUT2D eigenvalue weighted by molar-refractivity contribution is 5.89. The van der Waals surface area contributed by atoms with Crippen molar-refractivity contribution in [2.24, 2.45) is 5.73 Å². The minimum absolute atomic E-state index is 0.115. The summed E-state index contributed by atoms with van der Waals surface area (Å²) in [5.74, 6) is 0. The van der Waals surface area contributed by atoms with Crippen LogP contribution in [-0.4, -0.2) is 28.2 Å². The molecule has 0 bridgehead atoms. The van der Waals surface area contributed by atoms with E-state index in [2.05, 4.69) is 0 Å². The van der Waals surface area contributed by atoms with Crippen molar-refractivity contribution >= 4 is 17.8 Å². The Morgan fingerprint density at radius 3 is 1.86 bits per heavy atom. The van der Waals surface area contributed by atoms with E-state index in [9.17, 15) is 54.2 Å². The number of carboxylic acid groups (broad SMARTS) is 1. The third kappa shape index (κ3) is 5.85. The average Bonchev–Trinajstić information content (AvgIpc) is 2.74. The first-order chi connectivity index (χ1) is 16.8. The lowest BCUT2D eigenvalue weighted by molar-refractivity contribution is -0.143. The molecule has 0 aliphatic carbocycles. The van der Waals surface area contributed by atoms with Crippen LogP contribution in [0.4, 0.5) is 54.8 Å². The average molecular weight is 543 g/mol. The zero-order valence-electron chi connectivity index (χ0n) is 18.7. The Bertz CT molecular complexity index is 1180. The minimum atomic E-state index is -5.18. The molecule has 0 aromatic heterocycles. The molecule has 6 nitrogen and oxygen atoms in total. The van der Waals surface area contributed by atoms with Gasteiger partial charge in [-0.15, -0.1) is 0 Å². The van der Waals surface area contributed by atoms with Gasteiger partial charge in [-0.1, -0.05) is 0 Å². The van der Waals surface area contributed by atoms with Gasteiger partial charge in [0.25, 0.3) is 0 Å². The molecule has 37 heavy (non-hydrogen) atoms. The third-order valence-corrected chi connectivity index (χ3v) is 5.84. The fourth-order valence-corrected chi connectivity index (χ4v) is 4.25. The molecule has 0 saturated heterocycles. The summed E-state index contributed by atoms with van der Waals surface area (Å²) in [6.07, 6.45) is -17.1. The number of nitrogens with two attached hydrogens (primary N) is 1. The summed E-state index contributed by atoms with van der Waals surface area (Å²) in [7, 11) is 0. The van der Waals surface area contributed by atoms with Crippen LogP contribution in [0.25, 0.3) is 0 Å². The largest absolute Gasteiger partial charge is 0.465 e. The van der Waals surface area contributed by atoms with Crippen LogP contribution in [0.1, 0.15) is 47.2 Å². The molecule has 0 radical (unpaired) electrons. The maximum absolute atomic E-state index is 13.4. The maximum Gasteiger partial charge on any atom is 0.416 e. The number of nitrogens with zero attached hydrogens (tertiary/aromatic N) is 2. The van der Waals surface area contributed by atoms with Crippen LogP contribution in [0.2, 0.25) is 0 Å². The van der Waals surface area contributed by atoms with Gasteiger partial charge in [0.05, 0.1) is 28.4 Å². The number of fused-ring (bicyclic) bond motifs is 1. The van der Waals surface area contributed by atoms with Crippen LogP contribution in [0, 0.1) is 0 Å². The minimum Gasteiger partial charge on any atom is -0.465 e. The van der Waals surface area contributed by atoms with Crippen molar-refractivity contribution in [2.45, 2.75) is 50.5 Å². The number of hydrogen-bond donors (Lipinski definition) is 2. The molecule has 15 heteroatoms. The quantitative estimate of drug-likeness (QED) is 0.426. The number of anilines is 1. The topological polar surface area (TPSA) is 86.9 Å². The van der Waals surface area contributed by atoms with E-state index in [-0.39, 0.29) is 23.7 Å². The molecular formula is C22H18F9N3O3. The number of halogens is 9. The van der Waals surface area contributed by atoms with Crippen molar-refractivity contribution < 1.29 is 54.2 Å². The number of carbonyl (C=O) groups is 2. The van der Waals surface area contributed by atoms with Gasteiger partial charge in [0.2, 0.25) is 0 Å². The van der Waals surface area contributed by atoms with Gasteiger partial charge < -0.3 is 15.7 Å². The number of benzene rings is 2. The lowest BCUT2D eigenvalue weighted by Crippen LogP contribution is -2.48. The Balaban J connectivity index is 2.16. The van der Waals surface area contributed by atoms with Gasteiger partial charge in [0.15, 0.2) is 0 Å². The molecule has 2 aromatic carbocycles. The summed E-state index contributed by atoms with van der Waals surface area (Å²) in [6.45, 7) is 0.440. The highest BCUT2D eigenvalue weighted by atomic mass is 19.4. The summed E-state index contributed by atoms with van der Waals surface area (Å²) in [5.41, 5.74) is -0.361. The standard InChI is InChI=1S/C22H18F9N3O3/c1-10-4-17(15-8-12(20(23,24)25)2-3-16(15)34(10)19(36)37)33(18(32)35)9-11-5-13(21(26,27)28)7-14(6-11)22(29,30)31/h2-3,5-8,10,17H,4,9H2,1H3,(H2,32,35)(H,36,37)/t10-,17+/m0/s1. The second kappa shape index (κ2) is 9.34. The molecule has 2 aromatic rings. The first-order valence-electron chi connectivity index (χ1n) is 10.4. The summed E-state index contributed by atoms with van der Waals surface area (Å²) in [5, 5.41) is 9.55. The van der Waals surface area contributed by atoms with Crippen LogP contribution < -0.4 is 10.6 Å². The van der Waals surface area contributed by atoms with Crippen LogP contribution in [-0.2, 0) is 25.1 Å². The summed E-state index contributed by atoms with van der Waals surface area (Å²) in [6, 6.07) is -1.02. The molecule has 3 amide bonds. The van der Waals surface area contributed by atoms with E-state index in [0.29, 0.717) is 29.2 Å². The van der Waals surface area contributed by atoms with Crippen molar-refractivity contribution in [3.05, 3.63) is 64.2 Å². The lowest BCUT2D eigenvalue weighted by atomic mass is 9.89.